The highest BCUT2D eigenvalue weighted by atomic mass is 79.9. The van der Waals surface area contributed by atoms with Crippen LogP contribution >= 0.6 is 27.3 Å². The van der Waals surface area contributed by atoms with Gasteiger partial charge in [-0.2, -0.15) is 0 Å². The fourth-order valence-corrected chi connectivity index (χ4v) is 4.11. The Kier molecular flexibility index (Phi) is 2.82. The second-order valence-corrected chi connectivity index (χ2v) is 6.91. The van der Waals surface area contributed by atoms with Crippen molar-refractivity contribution in [2.45, 2.75) is 31.8 Å². The van der Waals surface area contributed by atoms with E-state index >= 15 is 0 Å². The average Bonchev–Trinajstić information content (AvgIpc) is 2.90. The summed E-state index contributed by atoms with van der Waals surface area (Å²) in [5.41, 5.74) is 0. The van der Waals surface area contributed by atoms with Crippen molar-refractivity contribution in [3.8, 4) is 0 Å². The summed E-state index contributed by atoms with van der Waals surface area (Å²) < 4.78 is 0.827. The quantitative estimate of drug-likeness (QED) is 0.896. The van der Waals surface area contributed by atoms with Gasteiger partial charge in [-0.3, -0.25) is 4.79 Å². The molecule has 2 heterocycles. The topological polar surface area (TPSA) is 58.1 Å². The Bertz CT molecular complexity index is 451. The second kappa shape index (κ2) is 4.20. The summed E-state index contributed by atoms with van der Waals surface area (Å²) in [7, 11) is 0. The maximum Gasteiger partial charge on any atom is 0.217 e. The molecule has 2 bridgehead atoms. The number of rotatable bonds is 2. The standard InChI is InChI=1S/C10H13BrN4OS/c1-5(16)12-8-3-7-2-6(8)4-15(7)10-14-13-9(11)17-10/h6-8H,2-4H2,1H3,(H,12,16)/t6-,7-,8-/m0/s1. The number of fused-ring (bicyclic) bond motifs is 2. The number of nitrogens with one attached hydrogen (secondary N) is 1. The molecule has 1 amide bonds. The fourth-order valence-electron chi connectivity index (χ4n) is 2.94. The highest BCUT2D eigenvalue weighted by Crippen LogP contribution is 2.41. The number of amides is 1. The van der Waals surface area contributed by atoms with E-state index in [0.29, 0.717) is 18.0 Å². The van der Waals surface area contributed by atoms with Gasteiger partial charge >= 0.3 is 0 Å². The smallest absolute Gasteiger partial charge is 0.217 e. The molecule has 3 rings (SSSR count). The van der Waals surface area contributed by atoms with Gasteiger partial charge in [0.05, 0.1) is 0 Å². The maximum absolute atomic E-state index is 11.1. The van der Waals surface area contributed by atoms with Gasteiger partial charge in [0, 0.05) is 25.6 Å². The Balaban J connectivity index is 1.70. The number of anilines is 1. The van der Waals surface area contributed by atoms with Gasteiger partial charge in [0.25, 0.3) is 0 Å². The molecule has 1 aliphatic carbocycles. The number of nitrogens with zero attached hydrogens (tertiary/aromatic N) is 3. The highest BCUT2D eigenvalue weighted by molar-refractivity contribution is 9.11. The molecule has 1 aromatic rings. The van der Waals surface area contributed by atoms with E-state index in [-0.39, 0.29) is 5.91 Å². The zero-order chi connectivity index (χ0) is 12.0. The summed E-state index contributed by atoms with van der Waals surface area (Å²) in [6.07, 6.45) is 2.18. The molecule has 7 heteroatoms. The second-order valence-electron chi connectivity index (χ2n) is 4.68. The molecule has 1 N–H and O–H groups in total. The van der Waals surface area contributed by atoms with E-state index in [1.54, 1.807) is 18.3 Å². The van der Waals surface area contributed by atoms with Crippen molar-refractivity contribution in [1.82, 2.24) is 15.5 Å². The number of hydrogen-bond acceptors (Lipinski definition) is 5. The summed E-state index contributed by atoms with van der Waals surface area (Å²) in [6.45, 7) is 2.57. The summed E-state index contributed by atoms with van der Waals surface area (Å²) in [4.78, 5) is 13.4. The van der Waals surface area contributed by atoms with Crippen molar-refractivity contribution < 1.29 is 4.79 Å². The predicted molar refractivity (Wildman–Crippen MR) is 69.1 cm³/mol. The molecule has 1 aromatic heterocycles. The monoisotopic (exact) mass is 316 g/mol. The minimum absolute atomic E-state index is 0.0766. The third kappa shape index (κ3) is 2.06. The van der Waals surface area contributed by atoms with Gasteiger partial charge in [0.1, 0.15) is 0 Å². The Hall–Kier alpha value is -0.690. The van der Waals surface area contributed by atoms with Crippen LogP contribution in [0, 0.1) is 5.92 Å². The molecule has 1 saturated carbocycles. The van der Waals surface area contributed by atoms with E-state index in [1.807, 2.05) is 0 Å². The van der Waals surface area contributed by atoms with Crippen LogP contribution in [0.5, 0.6) is 0 Å². The van der Waals surface area contributed by atoms with E-state index in [9.17, 15) is 4.79 Å². The van der Waals surface area contributed by atoms with Gasteiger partial charge < -0.3 is 10.2 Å². The number of piperidine rings is 1. The first-order valence-electron chi connectivity index (χ1n) is 5.66. The summed E-state index contributed by atoms with van der Waals surface area (Å²) in [5.74, 6) is 0.638. The van der Waals surface area contributed by atoms with Gasteiger partial charge in [-0.1, -0.05) is 11.3 Å². The first-order chi connectivity index (χ1) is 8.13. The van der Waals surface area contributed by atoms with E-state index < -0.39 is 0 Å². The van der Waals surface area contributed by atoms with E-state index in [0.717, 1.165) is 28.4 Å². The minimum atomic E-state index is 0.0766. The van der Waals surface area contributed by atoms with Gasteiger partial charge in [-0.25, -0.2) is 0 Å². The van der Waals surface area contributed by atoms with Crippen molar-refractivity contribution in [1.29, 1.82) is 0 Å². The van der Waals surface area contributed by atoms with Crippen LogP contribution in [0.1, 0.15) is 19.8 Å². The molecule has 0 radical (unpaired) electrons. The molecule has 2 aliphatic rings. The van der Waals surface area contributed by atoms with E-state index in [1.165, 1.54) is 0 Å². The van der Waals surface area contributed by atoms with Gasteiger partial charge in [0.2, 0.25) is 11.0 Å². The van der Waals surface area contributed by atoms with Crippen LogP contribution in [0.2, 0.25) is 0 Å². The lowest BCUT2D eigenvalue weighted by atomic mass is 10.0. The molecule has 5 nitrogen and oxygen atoms in total. The van der Waals surface area contributed by atoms with Crippen LogP contribution < -0.4 is 10.2 Å². The number of aromatic nitrogens is 2. The van der Waals surface area contributed by atoms with Crippen molar-refractivity contribution in [3.05, 3.63) is 3.92 Å². The highest BCUT2D eigenvalue weighted by Gasteiger charge is 2.45. The molecule has 0 aromatic carbocycles. The lowest BCUT2D eigenvalue weighted by molar-refractivity contribution is -0.119. The van der Waals surface area contributed by atoms with Gasteiger partial charge in [-0.15, -0.1) is 10.2 Å². The molecule has 0 unspecified atom stereocenters. The van der Waals surface area contributed by atoms with Crippen LogP contribution in [0.15, 0.2) is 3.92 Å². The van der Waals surface area contributed by atoms with E-state index in [2.05, 4.69) is 36.3 Å². The van der Waals surface area contributed by atoms with Crippen molar-refractivity contribution >= 4 is 38.3 Å². The van der Waals surface area contributed by atoms with Crippen molar-refractivity contribution in [3.63, 3.8) is 0 Å². The van der Waals surface area contributed by atoms with Crippen LogP contribution in [0.3, 0.4) is 0 Å². The Morgan fingerprint density at radius 3 is 2.88 bits per heavy atom. The summed E-state index contributed by atoms with van der Waals surface area (Å²) >= 11 is 4.91. The van der Waals surface area contributed by atoms with Crippen LogP contribution in [-0.2, 0) is 4.79 Å². The van der Waals surface area contributed by atoms with Crippen LogP contribution in [-0.4, -0.2) is 34.7 Å². The van der Waals surface area contributed by atoms with Crippen molar-refractivity contribution in [2.75, 3.05) is 11.4 Å². The Labute approximate surface area is 112 Å². The number of halogens is 1. The predicted octanol–water partition coefficient (Wildman–Crippen LogP) is 1.40. The SMILES string of the molecule is CC(=O)N[C@H]1C[C@@H]2C[C@H]1CN2c1nnc(Br)s1. The van der Waals surface area contributed by atoms with Crippen LogP contribution in [0.25, 0.3) is 0 Å². The Morgan fingerprint density at radius 1 is 1.53 bits per heavy atom. The third-order valence-corrected chi connectivity index (χ3v) is 4.96. The molecule has 0 spiro atoms. The van der Waals surface area contributed by atoms with E-state index in [4.69, 9.17) is 0 Å². The van der Waals surface area contributed by atoms with Crippen LogP contribution in [0.4, 0.5) is 5.13 Å². The molecule has 2 fully saturated rings. The first kappa shape index (κ1) is 11.4. The molecule has 17 heavy (non-hydrogen) atoms. The van der Waals surface area contributed by atoms with Crippen molar-refractivity contribution in [2.24, 2.45) is 5.92 Å². The number of carbonyl (C=O) groups excluding carboxylic acids is 1. The number of carbonyl (C=O) groups is 1. The minimum Gasteiger partial charge on any atom is -0.353 e. The van der Waals surface area contributed by atoms with Gasteiger partial charge in [-0.05, 0) is 34.7 Å². The maximum atomic E-state index is 11.1. The molecular formula is C10H13BrN4OS. The summed E-state index contributed by atoms with van der Waals surface area (Å²) in [5, 5.41) is 12.2. The zero-order valence-electron chi connectivity index (χ0n) is 9.39. The first-order valence-corrected chi connectivity index (χ1v) is 7.27. The lowest BCUT2D eigenvalue weighted by Gasteiger charge is -2.31. The lowest BCUT2D eigenvalue weighted by Crippen LogP contribution is -2.45. The van der Waals surface area contributed by atoms with Gasteiger partial charge in [0.15, 0.2) is 3.92 Å². The molecule has 1 aliphatic heterocycles. The number of hydrogen-bond donors (Lipinski definition) is 1. The molecule has 92 valence electrons. The average molecular weight is 317 g/mol. The fraction of sp³-hybridized carbons (Fsp3) is 0.700. The zero-order valence-corrected chi connectivity index (χ0v) is 11.8. The molecule has 1 saturated heterocycles. The Morgan fingerprint density at radius 2 is 2.35 bits per heavy atom. The molecular weight excluding hydrogens is 304 g/mol. The third-order valence-electron chi connectivity index (χ3n) is 3.57. The largest absolute Gasteiger partial charge is 0.353 e. The molecule has 3 atom stereocenters. The summed E-state index contributed by atoms with van der Waals surface area (Å²) in [6, 6.07) is 0.863. The normalized spacial score (nSPS) is 30.9.